The van der Waals surface area contributed by atoms with Gasteiger partial charge in [-0.05, 0) is 18.1 Å². The van der Waals surface area contributed by atoms with E-state index in [1.165, 1.54) is 12.3 Å². The molecule has 3 N–H and O–H groups in total. The minimum Gasteiger partial charge on any atom is -0.364 e. The number of nitrogens with zero attached hydrogens (tertiary/aromatic N) is 2. The number of nitrogens with two attached hydrogens (primary N) is 1. The predicted molar refractivity (Wildman–Crippen MR) is 64.6 cm³/mol. The molecular formula is C12H10N4O2. The Kier molecular flexibility index (Phi) is 3.69. The molecule has 0 bridgehead atoms. The van der Waals surface area contributed by atoms with Crippen molar-refractivity contribution in [1.82, 2.24) is 10.1 Å². The maximum absolute atomic E-state index is 11.7. The van der Waals surface area contributed by atoms with Crippen molar-refractivity contribution in [3.8, 4) is 11.8 Å². The quantitative estimate of drug-likeness (QED) is 0.753. The van der Waals surface area contributed by atoms with Gasteiger partial charge in [-0.2, -0.15) is 0 Å². The van der Waals surface area contributed by atoms with Crippen LogP contribution in [0, 0.1) is 11.8 Å². The molecule has 0 fully saturated rings. The molecule has 1 amide bonds. The lowest BCUT2D eigenvalue weighted by molar-refractivity contribution is 0.101. The summed E-state index contributed by atoms with van der Waals surface area (Å²) in [6.07, 6.45) is 1.32. The highest BCUT2D eigenvalue weighted by atomic mass is 16.5. The lowest BCUT2D eigenvalue weighted by Gasteiger charge is -2.01. The molecule has 2 aromatic rings. The highest BCUT2D eigenvalue weighted by Crippen LogP contribution is 2.06. The summed E-state index contributed by atoms with van der Waals surface area (Å²) in [7, 11) is 0. The van der Waals surface area contributed by atoms with Gasteiger partial charge in [0.1, 0.15) is 17.8 Å². The molecule has 18 heavy (non-hydrogen) atoms. The molecular weight excluding hydrogens is 232 g/mol. The Balaban J connectivity index is 2.12. The highest BCUT2D eigenvalue weighted by molar-refractivity contribution is 6.02. The SMILES string of the molecule is NCC#Cc1cccc(NC(=O)c2ccon2)n1. The minimum absolute atomic E-state index is 0.190. The monoisotopic (exact) mass is 242 g/mol. The zero-order chi connectivity index (χ0) is 12.8. The third-order valence-corrected chi connectivity index (χ3v) is 1.98. The average Bonchev–Trinajstić information content (AvgIpc) is 2.91. The second kappa shape index (κ2) is 5.61. The lowest BCUT2D eigenvalue weighted by atomic mass is 10.3. The van der Waals surface area contributed by atoms with Gasteiger partial charge in [-0.25, -0.2) is 4.98 Å². The van der Waals surface area contributed by atoms with Crippen LogP contribution in [0.5, 0.6) is 0 Å². The van der Waals surface area contributed by atoms with Gasteiger partial charge in [-0.1, -0.05) is 17.1 Å². The van der Waals surface area contributed by atoms with Crippen molar-refractivity contribution in [2.45, 2.75) is 0 Å². The van der Waals surface area contributed by atoms with E-state index < -0.39 is 0 Å². The van der Waals surface area contributed by atoms with E-state index in [4.69, 9.17) is 5.73 Å². The third kappa shape index (κ3) is 2.93. The number of pyridine rings is 1. The van der Waals surface area contributed by atoms with Gasteiger partial charge in [0.2, 0.25) is 0 Å². The lowest BCUT2D eigenvalue weighted by Crippen LogP contribution is -2.13. The van der Waals surface area contributed by atoms with Crippen molar-refractivity contribution in [3.05, 3.63) is 41.9 Å². The topological polar surface area (TPSA) is 94.0 Å². The van der Waals surface area contributed by atoms with Gasteiger partial charge in [0.25, 0.3) is 5.91 Å². The number of hydrogen-bond donors (Lipinski definition) is 2. The zero-order valence-electron chi connectivity index (χ0n) is 9.38. The first-order valence-corrected chi connectivity index (χ1v) is 5.17. The maximum atomic E-state index is 11.7. The van der Waals surface area contributed by atoms with Crippen molar-refractivity contribution in [2.24, 2.45) is 5.73 Å². The fourth-order valence-corrected chi connectivity index (χ4v) is 1.23. The van der Waals surface area contributed by atoms with Crippen LogP contribution < -0.4 is 11.1 Å². The number of anilines is 1. The molecule has 2 heterocycles. The minimum atomic E-state index is -0.389. The molecule has 0 saturated heterocycles. The van der Waals surface area contributed by atoms with Gasteiger partial charge in [-0.15, -0.1) is 0 Å². The Morgan fingerprint density at radius 1 is 1.44 bits per heavy atom. The Bertz CT molecular complexity index is 596. The van der Waals surface area contributed by atoms with Gasteiger partial charge in [0.15, 0.2) is 5.69 Å². The van der Waals surface area contributed by atoms with Gasteiger partial charge in [0.05, 0.1) is 6.54 Å². The summed E-state index contributed by atoms with van der Waals surface area (Å²) < 4.78 is 4.58. The van der Waals surface area contributed by atoms with Crippen LogP contribution in [0.25, 0.3) is 0 Å². The van der Waals surface area contributed by atoms with E-state index in [-0.39, 0.29) is 18.1 Å². The number of hydrogen-bond acceptors (Lipinski definition) is 5. The van der Waals surface area contributed by atoms with E-state index in [1.807, 2.05) is 0 Å². The molecule has 0 aliphatic heterocycles. The Labute approximate surface area is 103 Å². The largest absolute Gasteiger partial charge is 0.364 e. The highest BCUT2D eigenvalue weighted by Gasteiger charge is 2.09. The fourth-order valence-electron chi connectivity index (χ4n) is 1.23. The van der Waals surface area contributed by atoms with Crippen LogP contribution in [0.15, 0.2) is 35.1 Å². The zero-order valence-corrected chi connectivity index (χ0v) is 9.38. The van der Waals surface area contributed by atoms with E-state index in [9.17, 15) is 4.79 Å². The smallest absolute Gasteiger partial charge is 0.278 e. The summed E-state index contributed by atoms with van der Waals surface area (Å²) in [5.41, 5.74) is 6.00. The Hall–Kier alpha value is -2.65. The van der Waals surface area contributed by atoms with Crippen LogP contribution >= 0.6 is 0 Å². The van der Waals surface area contributed by atoms with Crippen molar-refractivity contribution >= 4 is 11.7 Å². The molecule has 6 heteroatoms. The summed E-state index contributed by atoms with van der Waals surface area (Å²) >= 11 is 0. The van der Waals surface area contributed by atoms with Crippen molar-refractivity contribution in [1.29, 1.82) is 0 Å². The van der Waals surface area contributed by atoms with E-state index in [2.05, 4.69) is 31.8 Å². The van der Waals surface area contributed by atoms with Gasteiger partial charge in [-0.3, -0.25) is 4.79 Å². The molecule has 0 aromatic carbocycles. The number of rotatable bonds is 2. The van der Waals surface area contributed by atoms with Crippen molar-refractivity contribution < 1.29 is 9.32 Å². The number of carbonyl (C=O) groups excluding carboxylic acids is 1. The summed E-state index contributed by atoms with van der Waals surface area (Å²) in [6, 6.07) is 6.60. The molecule has 0 spiro atoms. The van der Waals surface area contributed by atoms with Crippen LogP contribution in [-0.2, 0) is 0 Å². The molecule has 0 aliphatic carbocycles. The fraction of sp³-hybridized carbons (Fsp3) is 0.0833. The molecule has 90 valence electrons. The second-order valence-corrected chi connectivity index (χ2v) is 3.25. The first kappa shape index (κ1) is 11.8. The molecule has 0 saturated carbocycles. The summed E-state index contributed by atoms with van der Waals surface area (Å²) in [5, 5.41) is 6.11. The number of aromatic nitrogens is 2. The van der Waals surface area contributed by atoms with E-state index in [0.29, 0.717) is 11.5 Å². The molecule has 0 unspecified atom stereocenters. The molecule has 0 aliphatic rings. The normalized spacial score (nSPS) is 9.39. The number of carbonyl (C=O) groups is 1. The van der Waals surface area contributed by atoms with Crippen LogP contribution in [0.1, 0.15) is 16.2 Å². The maximum Gasteiger partial charge on any atom is 0.278 e. The van der Waals surface area contributed by atoms with Crippen LogP contribution in [0.3, 0.4) is 0 Å². The molecule has 2 rings (SSSR count). The van der Waals surface area contributed by atoms with E-state index in [0.717, 1.165) is 0 Å². The molecule has 0 atom stereocenters. The summed E-state index contributed by atoms with van der Waals surface area (Å²) in [4.78, 5) is 15.8. The second-order valence-electron chi connectivity index (χ2n) is 3.25. The first-order valence-electron chi connectivity index (χ1n) is 5.17. The van der Waals surface area contributed by atoms with E-state index in [1.54, 1.807) is 18.2 Å². The predicted octanol–water partition coefficient (Wildman–Crippen LogP) is 0.632. The summed E-state index contributed by atoms with van der Waals surface area (Å²) in [5.74, 6) is 5.48. The van der Waals surface area contributed by atoms with Crippen molar-refractivity contribution in [3.63, 3.8) is 0 Å². The van der Waals surface area contributed by atoms with Crippen LogP contribution in [0.2, 0.25) is 0 Å². The molecule has 2 aromatic heterocycles. The average molecular weight is 242 g/mol. The van der Waals surface area contributed by atoms with Crippen molar-refractivity contribution in [2.75, 3.05) is 11.9 Å². The Morgan fingerprint density at radius 2 is 2.33 bits per heavy atom. The van der Waals surface area contributed by atoms with Crippen LogP contribution in [0.4, 0.5) is 5.82 Å². The van der Waals surface area contributed by atoms with Gasteiger partial charge >= 0.3 is 0 Å². The van der Waals surface area contributed by atoms with E-state index >= 15 is 0 Å². The first-order chi connectivity index (χ1) is 8.79. The molecule has 6 nitrogen and oxygen atoms in total. The number of amides is 1. The number of nitrogens with one attached hydrogen (secondary N) is 1. The van der Waals surface area contributed by atoms with Gasteiger partial charge < -0.3 is 15.6 Å². The van der Waals surface area contributed by atoms with Gasteiger partial charge in [0, 0.05) is 6.07 Å². The van der Waals surface area contributed by atoms with Crippen LogP contribution in [-0.4, -0.2) is 22.6 Å². The standard InChI is InChI=1S/C12H10N4O2/c13-7-2-4-9-3-1-5-11(14-9)15-12(17)10-6-8-18-16-10/h1,3,5-6,8H,7,13H2,(H,14,15,17). The molecule has 0 radical (unpaired) electrons. The third-order valence-electron chi connectivity index (χ3n) is 1.98. The Morgan fingerprint density at radius 3 is 3.06 bits per heavy atom. The summed E-state index contributed by atoms with van der Waals surface area (Å²) in [6.45, 7) is 0.261.